The molecule has 8 heteroatoms. The van der Waals surface area contributed by atoms with Crippen LogP contribution in [-0.2, 0) is 0 Å². The van der Waals surface area contributed by atoms with E-state index in [1.165, 1.54) is 17.7 Å². The second-order valence-corrected chi connectivity index (χ2v) is 6.23. The molecule has 0 saturated carbocycles. The van der Waals surface area contributed by atoms with Crippen LogP contribution in [0.1, 0.15) is 24.3 Å². The zero-order valence-corrected chi connectivity index (χ0v) is 14.3. The highest BCUT2D eigenvalue weighted by atomic mass is 16.6. The maximum atomic E-state index is 11.3. The standard InChI is InChI=1S/C18H19N3O5/c1-26-16-4-2-3-14(11-16)13-7-9-19(10-8-13)17-6-5-15(20(22)23)12-18(17)21(24)25/h2-6,11-13H,7-10H2,1H3. The molecule has 2 aromatic carbocycles. The number of nitro benzene ring substituents is 2. The number of nitro groups is 2. The molecule has 1 saturated heterocycles. The fourth-order valence-electron chi connectivity index (χ4n) is 3.39. The first kappa shape index (κ1) is 17.7. The lowest BCUT2D eigenvalue weighted by Crippen LogP contribution is -2.33. The Hall–Kier alpha value is -3.16. The van der Waals surface area contributed by atoms with Gasteiger partial charge in [0.1, 0.15) is 11.4 Å². The summed E-state index contributed by atoms with van der Waals surface area (Å²) in [5.41, 5.74) is 1.14. The zero-order valence-electron chi connectivity index (χ0n) is 14.3. The summed E-state index contributed by atoms with van der Waals surface area (Å²) < 4.78 is 5.27. The monoisotopic (exact) mass is 357 g/mol. The molecule has 1 aliphatic heterocycles. The van der Waals surface area contributed by atoms with Gasteiger partial charge < -0.3 is 9.64 Å². The van der Waals surface area contributed by atoms with Gasteiger partial charge in [-0.2, -0.15) is 0 Å². The molecule has 0 aliphatic carbocycles. The molecule has 0 atom stereocenters. The number of rotatable bonds is 5. The van der Waals surface area contributed by atoms with E-state index in [2.05, 4.69) is 6.07 Å². The number of piperidine rings is 1. The van der Waals surface area contributed by atoms with Crippen molar-refractivity contribution >= 4 is 17.1 Å². The first-order chi connectivity index (χ1) is 12.5. The number of anilines is 1. The van der Waals surface area contributed by atoms with Crippen LogP contribution in [0, 0.1) is 20.2 Å². The maximum absolute atomic E-state index is 11.3. The van der Waals surface area contributed by atoms with Crippen LogP contribution in [0.15, 0.2) is 42.5 Å². The predicted molar refractivity (Wildman–Crippen MR) is 96.9 cm³/mol. The highest BCUT2D eigenvalue weighted by molar-refractivity contribution is 5.67. The van der Waals surface area contributed by atoms with E-state index in [9.17, 15) is 20.2 Å². The van der Waals surface area contributed by atoms with Crippen molar-refractivity contribution in [3.05, 3.63) is 68.3 Å². The van der Waals surface area contributed by atoms with E-state index in [-0.39, 0.29) is 11.4 Å². The van der Waals surface area contributed by atoms with Crippen molar-refractivity contribution in [2.45, 2.75) is 18.8 Å². The third-order valence-corrected chi connectivity index (χ3v) is 4.77. The van der Waals surface area contributed by atoms with Crippen LogP contribution in [0.3, 0.4) is 0 Å². The lowest BCUT2D eigenvalue weighted by Gasteiger charge is -2.33. The summed E-state index contributed by atoms with van der Waals surface area (Å²) in [7, 11) is 1.63. The molecule has 2 aromatic rings. The highest BCUT2D eigenvalue weighted by Crippen LogP contribution is 2.37. The van der Waals surface area contributed by atoms with E-state index in [4.69, 9.17) is 4.74 Å². The molecule has 0 spiro atoms. The fourth-order valence-corrected chi connectivity index (χ4v) is 3.39. The smallest absolute Gasteiger partial charge is 0.299 e. The molecule has 26 heavy (non-hydrogen) atoms. The third kappa shape index (κ3) is 3.58. The van der Waals surface area contributed by atoms with Crippen LogP contribution < -0.4 is 9.64 Å². The number of hydrogen-bond acceptors (Lipinski definition) is 6. The summed E-state index contributed by atoms with van der Waals surface area (Å²) in [6, 6.07) is 11.8. The van der Waals surface area contributed by atoms with Crippen molar-refractivity contribution in [2.75, 3.05) is 25.1 Å². The first-order valence-electron chi connectivity index (χ1n) is 8.31. The average molecular weight is 357 g/mol. The van der Waals surface area contributed by atoms with Crippen molar-refractivity contribution in [1.29, 1.82) is 0 Å². The van der Waals surface area contributed by atoms with Gasteiger partial charge >= 0.3 is 0 Å². The minimum atomic E-state index is -0.619. The van der Waals surface area contributed by atoms with E-state index >= 15 is 0 Å². The summed E-state index contributed by atoms with van der Waals surface area (Å²) in [6.07, 6.45) is 1.70. The zero-order chi connectivity index (χ0) is 18.7. The second-order valence-electron chi connectivity index (χ2n) is 6.23. The molecule has 0 aromatic heterocycles. The number of non-ortho nitro benzene ring substituents is 1. The molecular weight excluding hydrogens is 338 g/mol. The first-order valence-corrected chi connectivity index (χ1v) is 8.31. The lowest BCUT2D eigenvalue weighted by atomic mass is 9.89. The van der Waals surface area contributed by atoms with Crippen LogP contribution in [-0.4, -0.2) is 30.0 Å². The Morgan fingerprint density at radius 1 is 1.04 bits per heavy atom. The second kappa shape index (κ2) is 7.38. The van der Waals surface area contributed by atoms with Crippen molar-refractivity contribution < 1.29 is 14.6 Å². The predicted octanol–water partition coefficient (Wildman–Crippen LogP) is 3.90. The van der Waals surface area contributed by atoms with Gasteiger partial charge in [-0.1, -0.05) is 12.1 Å². The van der Waals surface area contributed by atoms with E-state index in [0.29, 0.717) is 24.7 Å². The molecular formula is C18H19N3O5. The van der Waals surface area contributed by atoms with Crippen LogP contribution in [0.25, 0.3) is 0 Å². The molecule has 0 bridgehead atoms. The SMILES string of the molecule is COc1cccc(C2CCN(c3ccc([N+](=O)[O-])cc3[N+](=O)[O-])CC2)c1. The number of methoxy groups -OCH3 is 1. The highest BCUT2D eigenvalue weighted by Gasteiger charge is 2.27. The van der Waals surface area contributed by atoms with Crippen LogP contribution >= 0.6 is 0 Å². The maximum Gasteiger partial charge on any atom is 0.299 e. The normalized spacial score (nSPS) is 14.9. The Kier molecular flexibility index (Phi) is 5.01. The van der Waals surface area contributed by atoms with Gasteiger partial charge in [-0.3, -0.25) is 20.2 Å². The lowest BCUT2D eigenvalue weighted by molar-refractivity contribution is -0.393. The summed E-state index contributed by atoms with van der Waals surface area (Å²) >= 11 is 0. The van der Waals surface area contributed by atoms with Crippen LogP contribution in [0.5, 0.6) is 5.75 Å². The Labute approximate surface area is 150 Å². The van der Waals surface area contributed by atoms with Crippen molar-refractivity contribution in [3.8, 4) is 5.75 Å². The molecule has 136 valence electrons. The van der Waals surface area contributed by atoms with E-state index in [1.54, 1.807) is 7.11 Å². The number of hydrogen-bond donors (Lipinski definition) is 0. The minimum absolute atomic E-state index is 0.223. The van der Waals surface area contributed by atoms with Gasteiger partial charge in [0, 0.05) is 19.2 Å². The van der Waals surface area contributed by atoms with Crippen LogP contribution in [0.2, 0.25) is 0 Å². The molecule has 0 unspecified atom stereocenters. The Morgan fingerprint density at radius 2 is 1.77 bits per heavy atom. The quantitative estimate of drug-likeness (QED) is 0.594. The summed E-state index contributed by atoms with van der Waals surface area (Å²) in [6.45, 7) is 1.31. The average Bonchev–Trinajstić information content (AvgIpc) is 2.67. The van der Waals surface area contributed by atoms with Gasteiger partial charge in [-0.15, -0.1) is 0 Å². The summed E-state index contributed by atoms with van der Waals surface area (Å²) in [5.74, 6) is 1.18. The number of benzene rings is 2. The number of ether oxygens (including phenoxy) is 1. The van der Waals surface area contributed by atoms with Gasteiger partial charge in [-0.05, 0) is 42.5 Å². The number of nitrogens with zero attached hydrogens (tertiary/aromatic N) is 3. The van der Waals surface area contributed by atoms with Gasteiger partial charge in [0.2, 0.25) is 0 Å². The molecule has 1 fully saturated rings. The molecule has 8 nitrogen and oxygen atoms in total. The largest absolute Gasteiger partial charge is 0.497 e. The molecule has 0 radical (unpaired) electrons. The van der Waals surface area contributed by atoms with Gasteiger partial charge in [-0.25, -0.2) is 0 Å². The summed E-state index contributed by atoms with van der Waals surface area (Å²) in [5, 5.41) is 22.2. The Bertz CT molecular complexity index is 831. The topological polar surface area (TPSA) is 98.8 Å². The van der Waals surface area contributed by atoms with Crippen molar-refractivity contribution in [1.82, 2.24) is 0 Å². The van der Waals surface area contributed by atoms with Crippen molar-refractivity contribution in [2.24, 2.45) is 0 Å². The Morgan fingerprint density at radius 3 is 2.38 bits per heavy atom. The summed E-state index contributed by atoms with van der Waals surface area (Å²) in [4.78, 5) is 23.0. The molecule has 3 rings (SSSR count). The van der Waals surface area contributed by atoms with Gasteiger partial charge in [0.15, 0.2) is 0 Å². The van der Waals surface area contributed by atoms with E-state index in [0.717, 1.165) is 24.7 Å². The molecule has 0 N–H and O–H groups in total. The van der Waals surface area contributed by atoms with Gasteiger partial charge in [0.05, 0.1) is 23.0 Å². The van der Waals surface area contributed by atoms with Crippen molar-refractivity contribution in [3.63, 3.8) is 0 Å². The van der Waals surface area contributed by atoms with Crippen LogP contribution in [0.4, 0.5) is 17.1 Å². The molecule has 0 amide bonds. The third-order valence-electron chi connectivity index (χ3n) is 4.77. The molecule has 1 aliphatic rings. The minimum Gasteiger partial charge on any atom is -0.497 e. The van der Waals surface area contributed by atoms with E-state index < -0.39 is 9.85 Å². The van der Waals surface area contributed by atoms with Gasteiger partial charge in [0.25, 0.3) is 11.4 Å². The molecule has 1 heterocycles. The Balaban J connectivity index is 1.77. The fraction of sp³-hybridized carbons (Fsp3) is 0.333. The van der Waals surface area contributed by atoms with E-state index in [1.807, 2.05) is 23.1 Å².